The van der Waals surface area contributed by atoms with Crippen LogP contribution in [0.3, 0.4) is 0 Å². The minimum atomic E-state index is -3.68. The smallest absolute Gasteiger partial charge is 0.245 e. The van der Waals surface area contributed by atoms with Gasteiger partial charge < -0.3 is 10.2 Å². The highest BCUT2D eigenvalue weighted by Gasteiger charge is 2.23. The summed E-state index contributed by atoms with van der Waals surface area (Å²) in [7, 11) is -3.68. The van der Waals surface area contributed by atoms with Gasteiger partial charge in [0.1, 0.15) is 6.54 Å². The number of aryl methyl sites for hydroxylation is 1. The van der Waals surface area contributed by atoms with Crippen molar-refractivity contribution in [1.82, 2.24) is 0 Å². The first kappa shape index (κ1) is 21.1. The lowest BCUT2D eigenvalue weighted by Crippen LogP contribution is -2.37. The summed E-state index contributed by atoms with van der Waals surface area (Å²) in [6.45, 7) is 2.05. The number of carbonyl (C=O) groups is 2. The zero-order valence-electron chi connectivity index (χ0n) is 16.2. The van der Waals surface area contributed by atoms with Gasteiger partial charge in [0.25, 0.3) is 0 Å². The van der Waals surface area contributed by atoms with Crippen LogP contribution in [-0.4, -0.2) is 39.6 Å². The number of anilines is 3. The minimum Gasteiger partial charge on any atom is -0.325 e. The summed E-state index contributed by atoms with van der Waals surface area (Å²) in [4.78, 5) is 26.0. The van der Waals surface area contributed by atoms with E-state index in [4.69, 9.17) is 11.6 Å². The van der Waals surface area contributed by atoms with Crippen LogP contribution in [0.5, 0.6) is 0 Å². The first-order valence-electron chi connectivity index (χ1n) is 9.09. The SMILES string of the molecule is Cc1cc(Cl)ccc1N(CC(=O)Nc1ccc(N2CCCC2=O)cc1)S(C)(=O)=O. The number of benzene rings is 2. The standard InChI is InChI=1S/C20H22ClN3O4S/c1-14-12-15(21)5-10-18(14)24(29(2,27)28)13-19(25)22-16-6-8-17(9-7-16)23-11-3-4-20(23)26/h5-10,12H,3-4,11,13H2,1-2H3,(H,22,25). The van der Waals surface area contributed by atoms with Crippen LogP contribution >= 0.6 is 11.6 Å². The van der Waals surface area contributed by atoms with Crippen molar-refractivity contribution in [2.75, 3.05) is 33.9 Å². The summed E-state index contributed by atoms with van der Waals surface area (Å²) < 4.78 is 25.6. The number of hydrogen-bond acceptors (Lipinski definition) is 4. The summed E-state index contributed by atoms with van der Waals surface area (Å²) >= 11 is 5.95. The molecule has 154 valence electrons. The van der Waals surface area contributed by atoms with Crippen molar-refractivity contribution in [1.29, 1.82) is 0 Å². The Kier molecular flexibility index (Phi) is 6.14. The molecule has 29 heavy (non-hydrogen) atoms. The van der Waals surface area contributed by atoms with E-state index in [0.717, 1.165) is 22.7 Å². The van der Waals surface area contributed by atoms with E-state index >= 15 is 0 Å². The molecule has 3 rings (SSSR count). The maximum Gasteiger partial charge on any atom is 0.245 e. The summed E-state index contributed by atoms with van der Waals surface area (Å²) in [6.07, 6.45) is 2.43. The van der Waals surface area contributed by atoms with E-state index in [1.165, 1.54) is 0 Å². The van der Waals surface area contributed by atoms with Crippen LogP contribution in [-0.2, 0) is 19.6 Å². The lowest BCUT2D eigenvalue weighted by Gasteiger charge is -2.24. The third kappa shape index (κ3) is 5.07. The van der Waals surface area contributed by atoms with Gasteiger partial charge in [-0.25, -0.2) is 8.42 Å². The maximum atomic E-state index is 12.5. The van der Waals surface area contributed by atoms with Crippen molar-refractivity contribution in [3.05, 3.63) is 53.1 Å². The van der Waals surface area contributed by atoms with Gasteiger partial charge in [-0.05, 0) is 61.4 Å². The predicted molar refractivity (Wildman–Crippen MR) is 115 cm³/mol. The van der Waals surface area contributed by atoms with E-state index in [9.17, 15) is 18.0 Å². The molecule has 0 aliphatic carbocycles. The molecule has 2 aromatic rings. The predicted octanol–water partition coefficient (Wildman–Crippen LogP) is 3.18. The first-order valence-corrected chi connectivity index (χ1v) is 11.3. The van der Waals surface area contributed by atoms with Gasteiger partial charge >= 0.3 is 0 Å². The molecule has 0 bridgehead atoms. The Labute approximate surface area is 175 Å². The number of halogens is 1. The van der Waals surface area contributed by atoms with E-state index in [1.807, 2.05) is 0 Å². The van der Waals surface area contributed by atoms with Crippen LogP contribution in [0.25, 0.3) is 0 Å². The van der Waals surface area contributed by atoms with Gasteiger partial charge in [0, 0.05) is 29.4 Å². The Hall–Kier alpha value is -2.58. The zero-order valence-corrected chi connectivity index (χ0v) is 17.8. The molecule has 1 N–H and O–H groups in total. The van der Waals surface area contributed by atoms with Gasteiger partial charge in [-0.1, -0.05) is 11.6 Å². The van der Waals surface area contributed by atoms with Crippen molar-refractivity contribution in [2.24, 2.45) is 0 Å². The molecule has 0 spiro atoms. The lowest BCUT2D eigenvalue weighted by molar-refractivity contribution is -0.117. The fraction of sp³-hybridized carbons (Fsp3) is 0.300. The van der Waals surface area contributed by atoms with Crippen molar-refractivity contribution in [2.45, 2.75) is 19.8 Å². The third-order valence-corrected chi connectivity index (χ3v) is 6.01. The Bertz CT molecular complexity index is 1040. The molecule has 1 aliphatic rings. The molecule has 0 aromatic heterocycles. The minimum absolute atomic E-state index is 0.0870. The molecule has 1 aliphatic heterocycles. The molecule has 2 amide bonds. The molecule has 0 radical (unpaired) electrons. The molecule has 2 aromatic carbocycles. The Morgan fingerprint density at radius 1 is 1.21 bits per heavy atom. The normalized spacial score (nSPS) is 14.2. The average molecular weight is 436 g/mol. The highest BCUT2D eigenvalue weighted by atomic mass is 35.5. The second-order valence-electron chi connectivity index (χ2n) is 6.94. The van der Waals surface area contributed by atoms with Gasteiger partial charge in [-0.2, -0.15) is 0 Å². The van der Waals surface area contributed by atoms with Crippen molar-refractivity contribution < 1.29 is 18.0 Å². The van der Waals surface area contributed by atoms with Gasteiger partial charge in [0.2, 0.25) is 21.8 Å². The summed E-state index contributed by atoms with van der Waals surface area (Å²) in [5.74, 6) is -0.390. The fourth-order valence-corrected chi connectivity index (χ4v) is 4.40. The topological polar surface area (TPSA) is 86.8 Å². The van der Waals surface area contributed by atoms with Crippen LogP contribution in [0.15, 0.2) is 42.5 Å². The largest absolute Gasteiger partial charge is 0.325 e. The van der Waals surface area contributed by atoms with Crippen LogP contribution in [0.1, 0.15) is 18.4 Å². The monoisotopic (exact) mass is 435 g/mol. The van der Waals surface area contributed by atoms with E-state index < -0.39 is 15.9 Å². The fourth-order valence-electron chi connectivity index (χ4n) is 3.26. The number of hydrogen-bond donors (Lipinski definition) is 1. The van der Waals surface area contributed by atoms with Crippen LogP contribution in [0.4, 0.5) is 17.1 Å². The summed E-state index contributed by atoms with van der Waals surface area (Å²) in [6, 6.07) is 11.7. The Morgan fingerprint density at radius 2 is 1.90 bits per heavy atom. The Balaban J connectivity index is 1.73. The number of sulfonamides is 1. The van der Waals surface area contributed by atoms with E-state index in [2.05, 4.69) is 5.32 Å². The number of carbonyl (C=O) groups excluding carboxylic acids is 2. The molecule has 0 unspecified atom stereocenters. The Morgan fingerprint density at radius 3 is 2.45 bits per heavy atom. The van der Waals surface area contributed by atoms with Crippen molar-refractivity contribution in [3.8, 4) is 0 Å². The molecule has 7 nitrogen and oxygen atoms in total. The molecule has 0 atom stereocenters. The molecular weight excluding hydrogens is 414 g/mol. The van der Waals surface area contributed by atoms with Gasteiger partial charge in [-0.3, -0.25) is 13.9 Å². The highest BCUT2D eigenvalue weighted by Crippen LogP contribution is 2.26. The molecule has 9 heteroatoms. The second-order valence-corrected chi connectivity index (χ2v) is 9.29. The number of nitrogens with one attached hydrogen (secondary N) is 1. The van der Waals surface area contributed by atoms with Gasteiger partial charge in [-0.15, -0.1) is 0 Å². The van der Waals surface area contributed by atoms with Crippen LogP contribution in [0, 0.1) is 6.92 Å². The summed E-state index contributed by atoms with van der Waals surface area (Å²) in [5.41, 5.74) is 2.34. The van der Waals surface area contributed by atoms with Gasteiger partial charge in [0.15, 0.2) is 0 Å². The number of nitrogens with zero attached hydrogens (tertiary/aromatic N) is 2. The second kappa shape index (κ2) is 8.42. The quantitative estimate of drug-likeness (QED) is 0.754. The number of amides is 2. The molecule has 0 saturated carbocycles. The lowest BCUT2D eigenvalue weighted by atomic mass is 10.2. The third-order valence-electron chi connectivity index (χ3n) is 4.65. The van der Waals surface area contributed by atoms with Crippen molar-refractivity contribution >= 4 is 50.5 Å². The molecule has 1 saturated heterocycles. The molecule has 1 fully saturated rings. The van der Waals surface area contributed by atoms with E-state index in [0.29, 0.717) is 34.9 Å². The molecule has 1 heterocycles. The van der Waals surface area contributed by atoms with E-state index in [1.54, 1.807) is 54.3 Å². The number of rotatable bonds is 6. The average Bonchev–Trinajstić information content (AvgIpc) is 3.06. The van der Waals surface area contributed by atoms with Crippen LogP contribution in [0.2, 0.25) is 5.02 Å². The van der Waals surface area contributed by atoms with Crippen LogP contribution < -0.4 is 14.5 Å². The molecular formula is C20H22ClN3O4S. The highest BCUT2D eigenvalue weighted by molar-refractivity contribution is 7.92. The maximum absolute atomic E-state index is 12.5. The van der Waals surface area contributed by atoms with Crippen molar-refractivity contribution in [3.63, 3.8) is 0 Å². The van der Waals surface area contributed by atoms with E-state index in [-0.39, 0.29) is 12.5 Å². The first-order chi connectivity index (χ1) is 13.6. The zero-order chi connectivity index (χ0) is 21.2. The van der Waals surface area contributed by atoms with Gasteiger partial charge in [0.05, 0.1) is 11.9 Å². The summed E-state index contributed by atoms with van der Waals surface area (Å²) in [5, 5.41) is 3.19.